The van der Waals surface area contributed by atoms with Crippen LogP contribution in [0.2, 0.25) is 6.04 Å². The zero-order valence-corrected chi connectivity index (χ0v) is 19.0. The quantitative estimate of drug-likeness (QED) is 0.548. The first-order chi connectivity index (χ1) is 13.4. The lowest BCUT2D eigenvalue weighted by molar-refractivity contribution is 0.123. The Kier molecular flexibility index (Phi) is 7.66. The summed E-state index contributed by atoms with van der Waals surface area (Å²) in [6, 6.07) is 15.3. The Labute approximate surface area is 169 Å². The summed E-state index contributed by atoms with van der Waals surface area (Å²) in [5.41, 5.74) is 3.39. The zero-order chi connectivity index (χ0) is 20.8. The fraction of sp³-hybridized carbons (Fsp3) is 0.455. The van der Waals surface area contributed by atoms with Crippen LogP contribution in [0.15, 0.2) is 42.5 Å². The first kappa shape index (κ1) is 22.4. The molecule has 28 heavy (non-hydrogen) atoms. The third kappa shape index (κ3) is 4.75. The molecule has 0 fully saturated rings. The van der Waals surface area contributed by atoms with E-state index in [0.29, 0.717) is 6.04 Å². The molecule has 0 aliphatic carbocycles. The van der Waals surface area contributed by atoms with Crippen LogP contribution in [0.1, 0.15) is 30.5 Å². The molecule has 0 radical (unpaired) electrons. The Morgan fingerprint density at radius 3 is 1.82 bits per heavy atom. The Bertz CT molecular complexity index is 746. The van der Waals surface area contributed by atoms with E-state index >= 15 is 0 Å². The van der Waals surface area contributed by atoms with Crippen LogP contribution in [-0.2, 0) is 25.1 Å². The minimum Gasteiger partial charge on any atom is -0.497 e. The van der Waals surface area contributed by atoms with Crippen molar-refractivity contribution < 1.29 is 22.8 Å². The standard InChI is InChI=1S/C22H32O5Si/c1-22(2,18-8-11-20(23-3)12-9-18)19-10-13-21(24-4)17(16-19)14-15-28(25-5,26-6)27-7/h8-13,16H,14-15H2,1-7H3. The fourth-order valence-corrected chi connectivity index (χ4v) is 5.07. The molecule has 5 nitrogen and oxygen atoms in total. The molecule has 0 saturated heterocycles. The number of benzene rings is 2. The van der Waals surface area contributed by atoms with Gasteiger partial charge in [-0.05, 0) is 41.3 Å². The third-order valence-electron chi connectivity index (χ3n) is 5.45. The van der Waals surface area contributed by atoms with Gasteiger partial charge in [-0.1, -0.05) is 38.1 Å². The Balaban J connectivity index is 2.34. The highest BCUT2D eigenvalue weighted by atomic mass is 28.4. The molecule has 0 heterocycles. The highest BCUT2D eigenvalue weighted by Gasteiger charge is 2.37. The van der Waals surface area contributed by atoms with Crippen molar-refractivity contribution in [3.05, 3.63) is 59.2 Å². The van der Waals surface area contributed by atoms with Crippen LogP contribution in [0.4, 0.5) is 0 Å². The van der Waals surface area contributed by atoms with E-state index in [0.717, 1.165) is 23.5 Å². The van der Waals surface area contributed by atoms with Gasteiger partial charge in [0.15, 0.2) is 0 Å². The Morgan fingerprint density at radius 1 is 0.750 bits per heavy atom. The van der Waals surface area contributed by atoms with Crippen LogP contribution in [0.5, 0.6) is 11.5 Å². The van der Waals surface area contributed by atoms with E-state index in [-0.39, 0.29) is 5.41 Å². The van der Waals surface area contributed by atoms with Crippen LogP contribution in [0.25, 0.3) is 0 Å². The van der Waals surface area contributed by atoms with E-state index < -0.39 is 8.80 Å². The molecule has 0 amide bonds. The maximum atomic E-state index is 5.59. The van der Waals surface area contributed by atoms with Gasteiger partial charge in [0.2, 0.25) is 0 Å². The lowest BCUT2D eigenvalue weighted by atomic mass is 9.77. The van der Waals surface area contributed by atoms with Gasteiger partial charge in [-0.3, -0.25) is 0 Å². The second kappa shape index (κ2) is 9.56. The second-order valence-corrected chi connectivity index (χ2v) is 10.3. The van der Waals surface area contributed by atoms with Gasteiger partial charge >= 0.3 is 8.80 Å². The Morgan fingerprint density at radius 2 is 1.32 bits per heavy atom. The number of rotatable bonds is 10. The monoisotopic (exact) mass is 404 g/mol. The summed E-state index contributed by atoms with van der Waals surface area (Å²) < 4.78 is 27.6. The first-order valence-corrected chi connectivity index (χ1v) is 11.3. The van der Waals surface area contributed by atoms with E-state index in [9.17, 15) is 0 Å². The SMILES string of the molecule is COc1ccc(C(C)(C)c2ccc(OC)c(CC[Si](OC)(OC)OC)c2)cc1. The topological polar surface area (TPSA) is 46.2 Å². The molecule has 0 aliphatic rings. The predicted octanol–water partition coefficient (Wildman–Crippen LogP) is 4.45. The van der Waals surface area contributed by atoms with E-state index in [1.807, 2.05) is 18.2 Å². The maximum Gasteiger partial charge on any atom is 0.500 e. The summed E-state index contributed by atoms with van der Waals surface area (Å²) in [5, 5.41) is 0. The molecule has 0 atom stereocenters. The molecular formula is C22H32O5Si. The van der Waals surface area contributed by atoms with Crippen molar-refractivity contribution in [1.82, 2.24) is 0 Å². The lowest BCUT2D eigenvalue weighted by Gasteiger charge is -2.28. The van der Waals surface area contributed by atoms with Crippen molar-refractivity contribution in [3.63, 3.8) is 0 Å². The average molecular weight is 405 g/mol. The number of hydrogen-bond donors (Lipinski definition) is 0. The van der Waals surface area contributed by atoms with Gasteiger partial charge in [-0.15, -0.1) is 0 Å². The number of methoxy groups -OCH3 is 2. The van der Waals surface area contributed by atoms with Crippen molar-refractivity contribution in [3.8, 4) is 11.5 Å². The smallest absolute Gasteiger partial charge is 0.497 e. The molecule has 0 spiro atoms. The molecule has 0 unspecified atom stereocenters. The van der Waals surface area contributed by atoms with Gasteiger partial charge in [0.25, 0.3) is 0 Å². The normalized spacial score (nSPS) is 12.1. The summed E-state index contributed by atoms with van der Waals surface area (Å²) in [5.74, 6) is 1.72. The molecule has 154 valence electrons. The molecule has 2 aromatic carbocycles. The van der Waals surface area contributed by atoms with Crippen LogP contribution < -0.4 is 9.47 Å². The minimum absolute atomic E-state index is 0.161. The van der Waals surface area contributed by atoms with E-state index in [1.165, 1.54) is 11.1 Å². The van der Waals surface area contributed by atoms with E-state index in [2.05, 4.69) is 38.1 Å². The van der Waals surface area contributed by atoms with Crippen molar-refractivity contribution in [2.75, 3.05) is 35.5 Å². The van der Waals surface area contributed by atoms with Crippen LogP contribution in [-0.4, -0.2) is 44.4 Å². The van der Waals surface area contributed by atoms with Crippen molar-refractivity contribution in [2.45, 2.75) is 31.7 Å². The third-order valence-corrected chi connectivity index (χ3v) is 8.18. The average Bonchev–Trinajstić information content (AvgIpc) is 2.75. The molecule has 0 saturated carbocycles. The van der Waals surface area contributed by atoms with E-state index in [1.54, 1.807) is 35.5 Å². The predicted molar refractivity (Wildman–Crippen MR) is 113 cm³/mol. The molecule has 0 bridgehead atoms. The van der Waals surface area contributed by atoms with E-state index in [4.69, 9.17) is 22.8 Å². The van der Waals surface area contributed by atoms with Crippen molar-refractivity contribution in [2.24, 2.45) is 0 Å². The van der Waals surface area contributed by atoms with Gasteiger partial charge in [-0.25, -0.2) is 0 Å². The fourth-order valence-electron chi connectivity index (χ4n) is 3.38. The summed E-state index contributed by atoms with van der Waals surface area (Å²) in [6.07, 6.45) is 0.747. The number of ether oxygens (including phenoxy) is 2. The van der Waals surface area contributed by atoms with Gasteiger partial charge in [0.1, 0.15) is 11.5 Å². The largest absolute Gasteiger partial charge is 0.500 e. The van der Waals surface area contributed by atoms with Crippen LogP contribution in [0.3, 0.4) is 0 Å². The van der Waals surface area contributed by atoms with Gasteiger partial charge in [0.05, 0.1) is 14.2 Å². The molecule has 0 aromatic heterocycles. The summed E-state index contributed by atoms with van der Waals surface area (Å²) in [6.45, 7) is 4.44. The molecule has 0 N–H and O–H groups in total. The zero-order valence-electron chi connectivity index (χ0n) is 18.0. The summed E-state index contributed by atoms with van der Waals surface area (Å²) in [7, 11) is 5.65. The molecule has 0 aliphatic heterocycles. The highest BCUT2D eigenvalue weighted by molar-refractivity contribution is 6.60. The van der Waals surface area contributed by atoms with Gasteiger partial charge in [-0.2, -0.15) is 0 Å². The van der Waals surface area contributed by atoms with Crippen LogP contribution in [0, 0.1) is 0 Å². The Hall–Kier alpha value is -1.86. The molecule has 2 rings (SSSR count). The van der Waals surface area contributed by atoms with Crippen molar-refractivity contribution in [1.29, 1.82) is 0 Å². The summed E-state index contributed by atoms with van der Waals surface area (Å²) in [4.78, 5) is 0. The molecular weight excluding hydrogens is 372 g/mol. The van der Waals surface area contributed by atoms with Crippen LogP contribution >= 0.6 is 0 Å². The van der Waals surface area contributed by atoms with Gasteiger partial charge in [0, 0.05) is 32.8 Å². The van der Waals surface area contributed by atoms with Gasteiger partial charge < -0.3 is 22.8 Å². The second-order valence-electron chi connectivity index (χ2n) is 7.18. The molecule has 6 heteroatoms. The maximum absolute atomic E-state index is 5.59. The minimum atomic E-state index is -2.64. The number of aryl methyl sites for hydroxylation is 1. The summed E-state index contributed by atoms with van der Waals surface area (Å²) >= 11 is 0. The first-order valence-electron chi connectivity index (χ1n) is 9.33. The number of hydrogen-bond acceptors (Lipinski definition) is 5. The molecule has 2 aromatic rings. The highest BCUT2D eigenvalue weighted by Crippen LogP contribution is 2.35. The van der Waals surface area contributed by atoms with Crippen molar-refractivity contribution >= 4 is 8.80 Å². The lowest BCUT2D eigenvalue weighted by Crippen LogP contribution is -2.43.